The van der Waals surface area contributed by atoms with E-state index in [-0.39, 0.29) is 5.82 Å². The third kappa shape index (κ3) is 3.57. The van der Waals surface area contributed by atoms with Crippen molar-refractivity contribution in [3.63, 3.8) is 0 Å². The van der Waals surface area contributed by atoms with Crippen LogP contribution < -0.4 is 0 Å². The summed E-state index contributed by atoms with van der Waals surface area (Å²) in [7, 11) is 0. The van der Waals surface area contributed by atoms with Crippen molar-refractivity contribution in [3.05, 3.63) is 82.9 Å². The highest BCUT2D eigenvalue weighted by Crippen LogP contribution is 2.23. The molecule has 1 heterocycles. The fourth-order valence-electron chi connectivity index (χ4n) is 2.26. The van der Waals surface area contributed by atoms with E-state index >= 15 is 0 Å². The van der Waals surface area contributed by atoms with Crippen molar-refractivity contribution in [2.75, 3.05) is 0 Å². The molecule has 1 aromatic heterocycles. The predicted octanol–water partition coefficient (Wildman–Crippen LogP) is 4.74. The topological polar surface area (TPSA) is 28.7 Å². The van der Waals surface area contributed by atoms with Gasteiger partial charge in [-0.05, 0) is 24.1 Å². The molecule has 0 spiro atoms. The van der Waals surface area contributed by atoms with Gasteiger partial charge >= 0.3 is 0 Å². The highest BCUT2D eigenvalue weighted by atomic mass is 32.2. The van der Waals surface area contributed by atoms with E-state index in [9.17, 15) is 4.39 Å². The number of nitrogens with zero attached hydrogens (tertiary/aromatic N) is 1. The number of rotatable bonds is 5. The molecule has 4 heteroatoms. The van der Waals surface area contributed by atoms with Crippen LogP contribution in [0.25, 0.3) is 0 Å². The van der Waals surface area contributed by atoms with Gasteiger partial charge in [-0.25, -0.2) is 9.37 Å². The minimum atomic E-state index is -0.164. The van der Waals surface area contributed by atoms with Crippen LogP contribution >= 0.6 is 11.8 Å². The predicted molar refractivity (Wildman–Crippen MR) is 88.5 cm³/mol. The van der Waals surface area contributed by atoms with Crippen molar-refractivity contribution in [2.24, 2.45) is 0 Å². The maximum Gasteiger partial charge on any atom is 0.166 e. The largest absolute Gasteiger partial charge is 0.337 e. The molecular formula is C18H17FN2S. The maximum absolute atomic E-state index is 13.6. The highest BCUT2D eigenvalue weighted by molar-refractivity contribution is 7.98. The Morgan fingerprint density at radius 3 is 2.55 bits per heavy atom. The first-order chi connectivity index (χ1) is 10.7. The molecular weight excluding hydrogens is 295 g/mol. The number of halogens is 1. The van der Waals surface area contributed by atoms with Gasteiger partial charge in [-0.1, -0.05) is 60.3 Å². The Labute approximate surface area is 133 Å². The number of nitrogens with one attached hydrogen (secondary N) is 1. The molecule has 22 heavy (non-hydrogen) atoms. The molecule has 0 radical (unpaired) electrons. The van der Waals surface area contributed by atoms with Crippen LogP contribution in [0.1, 0.15) is 22.5 Å². The number of benzene rings is 2. The van der Waals surface area contributed by atoms with Crippen molar-refractivity contribution in [2.45, 2.75) is 24.3 Å². The molecule has 0 saturated carbocycles. The van der Waals surface area contributed by atoms with Gasteiger partial charge in [-0.2, -0.15) is 0 Å². The summed E-state index contributed by atoms with van der Waals surface area (Å²) in [5.41, 5.74) is 4.05. The van der Waals surface area contributed by atoms with Gasteiger partial charge in [0.1, 0.15) is 5.82 Å². The van der Waals surface area contributed by atoms with E-state index in [1.165, 1.54) is 23.4 Å². The normalized spacial score (nSPS) is 10.8. The highest BCUT2D eigenvalue weighted by Gasteiger charge is 2.09. The number of imidazole rings is 1. The standard InChI is InChI=1S/C18H17FN2S/c1-13-17(11-14-7-3-2-4-8-14)21-18(20-13)22-12-15-9-5-6-10-16(15)19/h2-10H,11-12H2,1H3,(H,20,21). The summed E-state index contributed by atoms with van der Waals surface area (Å²) in [5, 5.41) is 0.840. The summed E-state index contributed by atoms with van der Waals surface area (Å²) in [6.45, 7) is 2.03. The van der Waals surface area contributed by atoms with Crippen molar-refractivity contribution < 1.29 is 4.39 Å². The molecule has 3 rings (SSSR count). The second-order valence-electron chi connectivity index (χ2n) is 5.16. The van der Waals surface area contributed by atoms with Crippen molar-refractivity contribution >= 4 is 11.8 Å². The van der Waals surface area contributed by atoms with E-state index < -0.39 is 0 Å². The first kappa shape index (κ1) is 14.9. The summed E-state index contributed by atoms with van der Waals surface area (Å²) in [6, 6.07) is 17.1. The number of hydrogen-bond donors (Lipinski definition) is 1. The number of aromatic amines is 1. The molecule has 2 aromatic carbocycles. The van der Waals surface area contributed by atoms with Gasteiger partial charge in [0, 0.05) is 17.9 Å². The number of aromatic nitrogens is 2. The summed E-state index contributed by atoms with van der Waals surface area (Å²) in [5.74, 6) is 0.410. The van der Waals surface area contributed by atoms with Crippen molar-refractivity contribution in [1.82, 2.24) is 9.97 Å². The van der Waals surface area contributed by atoms with Gasteiger partial charge in [0.05, 0.1) is 5.69 Å². The lowest BCUT2D eigenvalue weighted by Gasteiger charge is -2.00. The molecule has 0 aliphatic heterocycles. The van der Waals surface area contributed by atoms with Gasteiger partial charge in [0.25, 0.3) is 0 Å². The monoisotopic (exact) mass is 312 g/mol. The van der Waals surface area contributed by atoms with Crippen molar-refractivity contribution in [1.29, 1.82) is 0 Å². The third-order valence-corrected chi connectivity index (χ3v) is 4.42. The molecule has 0 fully saturated rings. The van der Waals surface area contributed by atoms with E-state index in [1.54, 1.807) is 6.07 Å². The minimum Gasteiger partial charge on any atom is -0.337 e. The maximum atomic E-state index is 13.6. The smallest absolute Gasteiger partial charge is 0.166 e. The molecule has 0 saturated heterocycles. The van der Waals surface area contributed by atoms with E-state index in [0.29, 0.717) is 11.3 Å². The SMILES string of the molecule is Cc1[nH]c(SCc2ccccc2F)nc1Cc1ccccc1. The number of thioether (sulfide) groups is 1. The van der Waals surface area contributed by atoms with Crippen LogP contribution in [0.5, 0.6) is 0 Å². The van der Waals surface area contributed by atoms with Gasteiger partial charge < -0.3 is 4.98 Å². The minimum absolute atomic E-state index is 0.164. The molecule has 0 bridgehead atoms. The number of H-pyrrole nitrogens is 1. The summed E-state index contributed by atoms with van der Waals surface area (Å²) < 4.78 is 13.6. The second-order valence-corrected chi connectivity index (χ2v) is 6.12. The van der Waals surface area contributed by atoms with Gasteiger partial charge in [-0.15, -0.1) is 0 Å². The Morgan fingerprint density at radius 2 is 1.77 bits per heavy atom. The molecule has 1 N–H and O–H groups in total. The fourth-order valence-corrected chi connectivity index (χ4v) is 3.18. The second kappa shape index (κ2) is 6.79. The van der Waals surface area contributed by atoms with Crippen molar-refractivity contribution in [3.8, 4) is 0 Å². The van der Waals surface area contributed by atoms with Gasteiger partial charge in [0.15, 0.2) is 5.16 Å². The van der Waals surface area contributed by atoms with Crippen LogP contribution in [0.2, 0.25) is 0 Å². The molecule has 112 valence electrons. The average Bonchev–Trinajstić information content (AvgIpc) is 2.88. The van der Waals surface area contributed by atoms with Crippen LogP contribution in [-0.4, -0.2) is 9.97 Å². The third-order valence-electron chi connectivity index (χ3n) is 3.50. The van der Waals surface area contributed by atoms with E-state index in [2.05, 4.69) is 22.1 Å². The molecule has 0 amide bonds. The zero-order chi connectivity index (χ0) is 15.4. The molecule has 0 atom stereocenters. The van der Waals surface area contributed by atoms with Crippen LogP contribution in [0.15, 0.2) is 59.8 Å². The summed E-state index contributed by atoms with van der Waals surface area (Å²) in [4.78, 5) is 7.92. The average molecular weight is 312 g/mol. The Bertz CT molecular complexity index is 753. The quantitative estimate of drug-likeness (QED) is 0.689. The van der Waals surface area contributed by atoms with E-state index in [4.69, 9.17) is 0 Å². The van der Waals surface area contributed by atoms with Gasteiger partial charge in [0.2, 0.25) is 0 Å². The molecule has 3 aromatic rings. The lowest BCUT2D eigenvalue weighted by atomic mass is 10.1. The molecule has 0 unspecified atom stereocenters. The summed E-state index contributed by atoms with van der Waals surface area (Å²) in [6.07, 6.45) is 0.809. The van der Waals surface area contributed by atoms with Crippen LogP contribution in [0.3, 0.4) is 0 Å². The zero-order valence-electron chi connectivity index (χ0n) is 12.3. The zero-order valence-corrected chi connectivity index (χ0v) is 13.2. The number of hydrogen-bond acceptors (Lipinski definition) is 2. The first-order valence-electron chi connectivity index (χ1n) is 7.18. The van der Waals surface area contributed by atoms with Gasteiger partial charge in [-0.3, -0.25) is 0 Å². The van der Waals surface area contributed by atoms with E-state index in [1.807, 2.05) is 37.3 Å². The molecule has 0 aliphatic rings. The Hall–Kier alpha value is -2.07. The van der Waals surface area contributed by atoms with Crippen LogP contribution in [0.4, 0.5) is 4.39 Å². The Kier molecular flexibility index (Phi) is 4.59. The lowest BCUT2D eigenvalue weighted by molar-refractivity contribution is 0.617. The molecule has 2 nitrogen and oxygen atoms in total. The Balaban J connectivity index is 1.69. The van der Waals surface area contributed by atoms with Crippen LogP contribution in [-0.2, 0) is 12.2 Å². The fraction of sp³-hybridized carbons (Fsp3) is 0.167. The molecule has 0 aliphatic carbocycles. The summed E-state index contributed by atoms with van der Waals surface area (Å²) >= 11 is 1.53. The first-order valence-corrected chi connectivity index (χ1v) is 8.16. The number of aryl methyl sites for hydroxylation is 1. The lowest BCUT2D eigenvalue weighted by Crippen LogP contribution is -1.90. The van der Waals surface area contributed by atoms with E-state index in [0.717, 1.165) is 23.0 Å². The Morgan fingerprint density at radius 1 is 1.05 bits per heavy atom. The van der Waals surface area contributed by atoms with Crippen LogP contribution in [0, 0.1) is 12.7 Å².